The standard InChI is InChI=1S/C13H13N3O6S/c17-10-5-7-15(13(18)9-10)8-6-14-23(21,22)12-4-2-1-3-11(12)16(19)20/h1-5,7,14H,6,8-9H2. The predicted octanol–water partition coefficient (Wildman–Crippen LogP) is 0.188. The normalized spacial score (nSPS) is 15.0. The van der Waals surface area contributed by atoms with Gasteiger partial charge in [0.05, 0.1) is 11.3 Å². The summed E-state index contributed by atoms with van der Waals surface area (Å²) in [5, 5.41) is 10.9. The fourth-order valence-corrected chi connectivity index (χ4v) is 3.17. The van der Waals surface area contributed by atoms with Gasteiger partial charge in [-0.2, -0.15) is 0 Å². The lowest BCUT2D eigenvalue weighted by Crippen LogP contribution is -2.38. The highest BCUT2D eigenvalue weighted by molar-refractivity contribution is 7.89. The third-order valence-corrected chi connectivity index (χ3v) is 4.59. The largest absolute Gasteiger partial charge is 0.317 e. The van der Waals surface area contributed by atoms with Crippen molar-refractivity contribution in [2.75, 3.05) is 13.1 Å². The number of nitrogens with zero attached hydrogens (tertiary/aromatic N) is 2. The van der Waals surface area contributed by atoms with Crippen LogP contribution in [0.25, 0.3) is 0 Å². The SMILES string of the molecule is O=C1C=CN(CCNS(=O)(=O)c2ccccc2[N+](=O)[O-])C(=O)C1. The van der Waals surface area contributed by atoms with E-state index in [-0.39, 0.29) is 25.3 Å². The van der Waals surface area contributed by atoms with Gasteiger partial charge in [-0.05, 0) is 12.1 Å². The monoisotopic (exact) mass is 339 g/mol. The number of carbonyl (C=O) groups is 2. The maximum Gasteiger partial charge on any atom is 0.289 e. The molecule has 122 valence electrons. The topological polar surface area (TPSA) is 127 Å². The molecule has 0 unspecified atom stereocenters. The number of hydrogen-bond acceptors (Lipinski definition) is 6. The Kier molecular flexibility index (Phi) is 4.86. The molecule has 1 aromatic carbocycles. The Balaban J connectivity index is 2.06. The summed E-state index contributed by atoms with van der Waals surface area (Å²) in [6.07, 6.45) is 2.26. The van der Waals surface area contributed by atoms with E-state index in [1.165, 1.54) is 29.3 Å². The highest BCUT2D eigenvalue weighted by atomic mass is 32.2. The zero-order valence-electron chi connectivity index (χ0n) is 11.8. The molecular formula is C13H13N3O6S. The minimum absolute atomic E-state index is 0.0163. The van der Waals surface area contributed by atoms with Crippen molar-refractivity contribution in [2.24, 2.45) is 0 Å². The van der Waals surface area contributed by atoms with Crippen LogP contribution in [0.4, 0.5) is 5.69 Å². The first-order valence-corrected chi connectivity index (χ1v) is 8.03. The van der Waals surface area contributed by atoms with Gasteiger partial charge >= 0.3 is 0 Å². The number of allylic oxidation sites excluding steroid dienone is 1. The van der Waals surface area contributed by atoms with Gasteiger partial charge in [-0.1, -0.05) is 12.1 Å². The second kappa shape index (κ2) is 6.67. The molecule has 0 fully saturated rings. The van der Waals surface area contributed by atoms with E-state index < -0.39 is 31.4 Å². The van der Waals surface area contributed by atoms with E-state index in [1.807, 2.05) is 0 Å². The van der Waals surface area contributed by atoms with E-state index in [2.05, 4.69) is 4.72 Å². The Morgan fingerprint density at radius 1 is 1.26 bits per heavy atom. The molecule has 0 radical (unpaired) electrons. The maximum atomic E-state index is 12.1. The van der Waals surface area contributed by atoms with Crippen LogP contribution in [0.1, 0.15) is 6.42 Å². The van der Waals surface area contributed by atoms with Gasteiger partial charge in [-0.15, -0.1) is 0 Å². The summed E-state index contributed by atoms with van der Waals surface area (Å²) in [5.74, 6) is -0.742. The van der Waals surface area contributed by atoms with Crippen molar-refractivity contribution in [1.82, 2.24) is 9.62 Å². The van der Waals surface area contributed by atoms with Crippen molar-refractivity contribution in [3.05, 3.63) is 46.7 Å². The molecule has 1 aliphatic rings. The van der Waals surface area contributed by atoms with Gasteiger partial charge in [0, 0.05) is 25.4 Å². The first-order valence-electron chi connectivity index (χ1n) is 6.55. The molecule has 1 heterocycles. The molecule has 0 saturated heterocycles. The number of carbonyl (C=O) groups excluding carboxylic acids is 2. The summed E-state index contributed by atoms with van der Waals surface area (Å²) in [6.45, 7) is -0.124. The minimum Gasteiger partial charge on any atom is -0.317 e. The molecule has 1 N–H and O–H groups in total. The number of amides is 1. The first kappa shape index (κ1) is 16.8. The second-order valence-corrected chi connectivity index (χ2v) is 6.40. The average Bonchev–Trinajstić information content (AvgIpc) is 2.49. The predicted molar refractivity (Wildman–Crippen MR) is 78.8 cm³/mol. The van der Waals surface area contributed by atoms with Crippen molar-refractivity contribution in [1.29, 1.82) is 0 Å². The summed E-state index contributed by atoms with van der Waals surface area (Å²) < 4.78 is 26.5. The number of ketones is 1. The zero-order valence-corrected chi connectivity index (χ0v) is 12.7. The molecule has 0 aliphatic carbocycles. The van der Waals surface area contributed by atoms with Crippen LogP contribution in [0, 0.1) is 10.1 Å². The van der Waals surface area contributed by atoms with Crippen LogP contribution in [0.5, 0.6) is 0 Å². The van der Waals surface area contributed by atoms with Gasteiger partial charge < -0.3 is 4.90 Å². The van der Waals surface area contributed by atoms with E-state index in [0.717, 1.165) is 12.1 Å². The first-order chi connectivity index (χ1) is 10.8. The quantitative estimate of drug-likeness (QED) is 0.448. The number of hydrogen-bond donors (Lipinski definition) is 1. The average molecular weight is 339 g/mol. The summed E-state index contributed by atoms with van der Waals surface area (Å²) >= 11 is 0. The molecule has 10 heteroatoms. The molecule has 1 aromatic rings. The number of benzene rings is 1. The molecule has 1 amide bonds. The van der Waals surface area contributed by atoms with Crippen LogP contribution in [0.3, 0.4) is 0 Å². The lowest BCUT2D eigenvalue weighted by Gasteiger charge is -2.20. The highest BCUT2D eigenvalue weighted by Crippen LogP contribution is 2.22. The molecule has 0 bridgehead atoms. The minimum atomic E-state index is -4.09. The molecular weight excluding hydrogens is 326 g/mol. The van der Waals surface area contributed by atoms with E-state index in [0.29, 0.717) is 0 Å². The highest BCUT2D eigenvalue weighted by Gasteiger charge is 2.25. The summed E-state index contributed by atoms with van der Waals surface area (Å²) in [6, 6.07) is 4.97. The van der Waals surface area contributed by atoms with Gasteiger partial charge in [0.1, 0.15) is 0 Å². The molecule has 2 rings (SSSR count). The van der Waals surface area contributed by atoms with Crippen LogP contribution < -0.4 is 4.72 Å². The van der Waals surface area contributed by atoms with Crippen LogP contribution >= 0.6 is 0 Å². The van der Waals surface area contributed by atoms with Gasteiger partial charge in [-0.3, -0.25) is 19.7 Å². The Morgan fingerprint density at radius 3 is 2.61 bits per heavy atom. The lowest BCUT2D eigenvalue weighted by atomic mass is 10.2. The van der Waals surface area contributed by atoms with Crippen molar-refractivity contribution in [2.45, 2.75) is 11.3 Å². The van der Waals surface area contributed by atoms with E-state index in [9.17, 15) is 28.1 Å². The van der Waals surface area contributed by atoms with Gasteiger partial charge in [-0.25, -0.2) is 13.1 Å². The number of sulfonamides is 1. The smallest absolute Gasteiger partial charge is 0.289 e. The molecule has 1 aliphatic heterocycles. The molecule has 0 saturated carbocycles. The third-order valence-electron chi connectivity index (χ3n) is 3.08. The van der Waals surface area contributed by atoms with Crippen LogP contribution in [0.15, 0.2) is 41.4 Å². The fourth-order valence-electron chi connectivity index (χ4n) is 1.98. The van der Waals surface area contributed by atoms with Gasteiger partial charge in [0.2, 0.25) is 15.9 Å². The van der Waals surface area contributed by atoms with E-state index in [1.54, 1.807) is 0 Å². The van der Waals surface area contributed by atoms with Crippen molar-refractivity contribution in [3.63, 3.8) is 0 Å². The summed E-state index contributed by atoms with van der Waals surface area (Å²) in [4.78, 5) is 33.5. The molecule has 0 aromatic heterocycles. The Morgan fingerprint density at radius 2 is 1.96 bits per heavy atom. The fraction of sp³-hybridized carbons (Fsp3) is 0.231. The van der Waals surface area contributed by atoms with E-state index in [4.69, 9.17) is 0 Å². The van der Waals surface area contributed by atoms with Crippen molar-refractivity contribution >= 4 is 27.4 Å². The number of nitrogens with one attached hydrogen (secondary N) is 1. The Hall–Kier alpha value is -2.59. The van der Waals surface area contributed by atoms with Crippen molar-refractivity contribution < 1.29 is 22.9 Å². The van der Waals surface area contributed by atoms with Crippen LogP contribution in [-0.2, 0) is 19.6 Å². The second-order valence-electron chi connectivity index (χ2n) is 4.67. The molecule has 23 heavy (non-hydrogen) atoms. The number of para-hydroxylation sites is 1. The van der Waals surface area contributed by atoms with Crippen molar-refractivity contribution in [3.8, 4) is 0 Å². The van der Waals surface area contributed by atoms with Crippen LogP contribution in [-0.4, -0.2) is 43.0 Å². The van der Waals surface area contributed by atoms with Crippen LogP contribution in [0.2, 0.25) is 0 Å². The maximum absolute atomic E-state index is 12.1. The molecule has 0 atom stereocenters. The number of nitro groups is 1. The van der Waals surface area contributed by atoms with E-state index >= 15 is 0 Å². The molecule has 9 nitrogen and oxygen atoms in total. The molecule has 0 spiro atoms. The number of rotatable bonds is 6. The third kappa shape index (κ3) is 3.99. The zero-order chi connectivity index (χ0) is 17.0. The van der Waals surface area contributed by atoms with Gasteiger partial charge in [0.15, 0.2) is 10.7 Å². The van der Waals surface area contributed by atoms with Gasteiger partial charge in [0.25, 0.3) is 5.69 Å². The number of nitro benzene ring substituents is 1. The summed E-state index contributed by atoms with van der Waals surface area (Å²) in [7, 11) is -4.09. The Labute approximate surface area is 131 Å². The Bertz CT molecular complexity index is 787. The summed E-state index contributed by atoms with van der Waals surface area (Å²) in [5.41, 5.74) is -0.528. The lowest BCUT2D eigenvalue weighted by molar-refractivity contribution is -0.387.